The van der Waals surface area contributed by atoms with Crippen LogP contribution in [-0.4, -0.2) is 0 Å². The molecule has 11 rings (SSSR count). The average molecular weight is 730 g/mol. The Balaban J connectivity index is 1.01. The van der Waals surface area contributed by atoms with Crippen LogP contribution in [0.4, 0.5) is 17.1 Å². The van der Waals surface area contributed by atoms with E-state index in [2.05, 4.69) is 217 Å². The second kappa shape index (κ2) is 13.4. The van der Waals surface area contributed by atoms with E-state index in [1.54, 1.807) is 0 Å². The molecule has 0 radical (unpaired) electrons. The third-order valence-electron chi connectivity index (χ3n) is 11.2. The summed E-state index contributed by atoms with van der Waals surface area (Å²) in [6.07, 6.45) is 0. The van der Waals surface area contributed by atoms with Gasteiger partial charge in [-0.2, -0.15) is 0 Å². The number of nitrogens with zero attached hydrogens (tertiary/aromatic N) is 1. The number of anilines is 3. The topological polar surface area (TPSA) is 3.24 Å². The van der Waals surface area contributed by atoms with E-state index in [4.69, 9.17) is 0 Å². The fraction of sp³-hybridized carbons (Fsp3) is 0. The van der Waals surface area contributed by atoms with Crippen molar-refractivity contribution in [3.8, 4) is 33.4 Å². The van der Waals surface area contributed by atoms with Crippen LogP contribution in [0.5, 0.6) is 0 Å². The zero-order valence-electron chi connectivity index (χ0n) is 30.6. The van der Waals surface area contributed by atoms with Crippen LogP contribution in [0, 0.1) is 0 Å². The van der Waals surface area contributed by atoms with Crippen LogP contribution in [-0.2, 0) is 0 Å². The van der Waals surface area contributed by atoms with Crippen LogP contribution in [0.15, 0.2) is 212 Å². The van der Waals surface area contributed by atoms with Crippen LogP contribution >= 0.6 is 11.3 Å². The monoisotopic (exact) mass is 729 g/mol. The Morgan fingerprint density at radius 2 is 0.857 bits per heavy atom. The summed E-state index contributed by atoms with van der Waals surface area (Å²) in [6, 6.07) is 77.7. The molecule has 262 valence electrons. The lowest BCUT2D eigenvalue weighted by atomic mass is 9.94. The Hall–Kier alpha value is -7.00. The maximum atomic E-state index is 2.38. The summed E-state index contributed by atoms with van der Waals surface area (Å²) in [5, 5.41) is 10.3. The summed E-state index contributed by atoms with van der Waals surface area (Å²) in [6.45, 7) is 0. The molecule has 1 aromatic heterocycles. The first-order valence-electron chi connectivity index (χ1n) is 19.2. The highest BCUT2D eigenvalue weighted by molar-refractivity contribution is 7.26. The first-order chi connectivity index (χ1) is 27.7. The van der Waals surface area contributed by atoms with E-state index in [0.29, 0.717) is 0 Å². The van der Waals surface area contributed by atoms with E-state index < -0.39 is 0 Å². The van der Waals surface area contributed by atoms with Crippen molar-refractivity contribution >= 4 is 80.9 Å². The van der Waals surface area contributed by atoms with Gasteiger partial charge in [-0.05, 0) is 114 Å². The van der Waals surface area contributed by atoms with Crippen molar-refractivity contribution in [2.45, 2.75) is 0 Å². The van der Waals surface area contributed by atoms with E-state index in [-0.39, 0.29) is 0 Å². The molecule has 0 amide bonds. The van der Waals surface area contributed by atoms with E-state index in [1.807, 2.05) is 11.3 Å². The average Bonchev–Trinajstić information content (AvgIpc) is 3.66. The lowest BCUT2D eigenvalue weighted by Crippen LogP contribution is -2.10. The molecule has 0 atom stereocenters. The van der Waals surface area contributed by atoms with Gasteiger partial charge in [-0.3, -0.25) is 0 Å². The normalized spacial score (nSPS) is 11.6. The van der Waals surface area contributed by atoms with Crippen LogP contribution in [0.2, 0.25) is 0 Å². The van der Waals surface area contributed by atoms with Gasteiger partial charge in [0.25, 0.3) is 0 Å². The summed E-state index contributed by atoms with van der Waals surface area (Å²) in [5.41, 5.74) is 10.6. The van der Waals surface area contributed by atoms with Gasteiger partial charge < -0.3 is 4.90 Å². The van der Waals surface area contributed by atoms with Crippen LogP contribution in [0.25, 0.3) is 85.9 Å². The smallest absolute Gasteiger partial charge is 0.0467 e. The molecule has 1 heterocycles. The molecular formula is C54H35NS. The van der Waals surface area contributed by atoms with Gasteiger partial charge in [-0.25, -0.2) is 0 Å². The number of benzene rings is 10. The predicted octanol–water partition coefficient (Wildman–Crippen LogP) is 16.0. The Morgan fingerprint density at radius 1 is 0.304 bits per heavy atom. The molecular weight excluding hydrogens is 695 g/mol. The van der Waals surface area contributed by atoms with Crippen molar-refractivity contribution in [2.24, 2.45) is 0 Å². The molecule has 0 bridgehead atoms. The van der Waals surface area contributed by atoms with E-state index in [1.165, 1.54) is 85.9 Å². The minimum absolute atomic E-state index is 1.11. The van der Waals surface area contributed by atoms with Gasteiger partial charge in [-0.15, -0.1) is 11.3 Å². The van der Waals surface area contributed by atoms with Gasteiger partial charge in [-0.1, -0.05) is 164 Å². The molecule has 2 heteroatoms. The van der Waals surface area contributed by atoms with E-state index >= 15 is 0 Å². The highest BCUT2D eigenvalue weighted by Crippen LogP contribution is 2.42. The number of fused-ring (bicyclic) bond motifs is 8. The zero-order chi connectivity index (χ0) is 37.0. The molecule has 1 nitrogen and oxygen atoms in total. The number of hydrogen-bond donors (Lipinski definition) is 0. The van der Waals surface area contributed by atoms with Crippen molar-refractivity contribution in [3.63, 3.8) is 0 Å². The molecule has 0 aliphatic heterocycles. The SMILES string of the molecule is c1ccc(-c2cccc(N(c3ccc(-c4ccc5ccc6ccc7ccccc7c6c5c4)cc3)c3ccc(-c4cccc5c4sc4ccccc45)cc3)c2)cc1. The van der Waals surface area contributed by atoms with Gasteiger partial charge in [0.05, 0.1) is 0 Å². The number of rotatable bonds is 6. The molecule has 56 heavy (non-hydrogen) atoms. The summed E-state index contributed by atoms with van der Waals surface area (Å²) >= 11 is 1.88. The fourth-order valence-electron chi connectivity index (χ4n) is 8.48. The maximum Gasteiger partial charge on any atom is 0.0467 e. The second-order valence-electron chi connectivity index (χ2n) is 14.5. The molecule has 0 N–H and O–H groups in total. The van der Waals surface area contributed by atoms with Crippen molar-refractivity contribution < 1.29 is 0 Å². The van der Waals surface area contributed by atoms with Crippen LogP contribution < -0.4 is 4.90 Å². The Morgan fingerprint density at radius 3 is 1.66 bits per heavy atom. The number of thiophene rings is 1. The molecule has 0 aliphatic carbocycles. The molecule has 11 aromatic rings. The summed E-state index contributed by atoms with van der Waals surface area (Å²) in [5.74, 6) is 0. The summed E-state index contributed by atoms with van der Waals surface area (Å²) in [4.78, 5) is 2.38. The van der Waals surface area contributed by atoms with Crippen LogP contribution in [0.1, 0.15) is 0 Å². The van der Waals surface area contributed by atoms with Gasteiger partial charge in [0.15, 0.2) is 0 Å². The van der Waals surface area contributed by atoms with Gasteiger partial charge in [0.2, 0.25) is 0 Å². The molecule has 0 saturated heterocycles. The minimum Gasteiger partial charge on any atom is -0.310 e. The van der Waals surface area contributed by atoms with E-state index in [9.17, 15) is 0 Å². The largest absolute Gasteiger partial charge is 0.310 e. The quantitative estimate of drug-likeness (QED) is 0.154. The van der Waals surface area contributed by atoms with Gasteiger partial charge in [0, 0.05) is 37.2 Å². The maximum absolute atomic E-state index is 2.38. The summed E-state index contributed by atoms with van der Waals surface area (Å²) < 4.78 is 2.66. The fourth-order valence-corrected chi connectivity index (χ4v) is 9.71. The second-order valence-corrected chi connectivity index (χ2v) is 15.6. The molecule has 0 aliphatic rings. The first kappa shape index (κ1) is 32.4. The lowest BCUT2D eigenvalue weighted by Gasteiger charge is -2.26. The highest BCUT2D eigenvalue weighted by Gasteiger charge is 2.16. The summed E-state index contributed by atoms with van der Waals surface area (Å²) in [7, 11) is 0. The highest BCUT2D eigenvalue weighted by atomic mass is 32.1. The number of hydrogen-bond acceptors (Lipinski definition) is 2. The zero-order valence-corrected chi connectivity index (χ0v) is 31.4. The van der Waals surface area contributed by atoms with Crippen molar-refractivity contribution in [1.82, 2.24) is 0 Å². The van der Waals surface area contributed by atoms with Gasteiger partial charge in [0.1, 0.15) is 0 Å². The molecule has 0 fully saturated rings. The lowest BCUT2D eigenvalue weighted by molar-refractivity contribution is 1.28. The Kier molecular flexibility index (Phi) is 7.75. The first-order valence-corrected chi connectivity index (χ1v) is 20.0. The third-order valence-corrected chi connectivity index (χ3v) is 12.5. The Bertz CT molecular complexity index is 3230. The standard InChI is InChI=1S/C54H35NS/c1-2-10-36(11-3-1)42-13-8-14-46(34-42)55(45-32-28-39(29-33-45)48-17-9-18-50-49-16-6-7-19-52(49)56-54(48)50)44-30-26-37(27-31-44)43-25-22-40-21-24-41-23-20-38-12-4-5-15-47(38)53(41)51(40)35-43/h1-35H. The predicted molar refractivity (Wildman–Crippen MR) is 243 cm³/mol. The Labute approximate surface area is 330 Å². The molecule has 0 unspecified atom stereocenters. The minimum atomic E-state index is 1.11. The molecule has 0 spiro atoms. The molecule has 10 aromatic carbocycles. The third kappa shape index (κ3) is 5.54. The van der Waals surface area contributed by atoms with Crippen molar-refractivity contribution in [3.05, 3.63) is 212 Å². The van der Waals surface area contributed by atoms with Crippen LogP contribution in [0.3, 0.4) is 0 Å². The van der Waals surface area contributed by atoms with Crippen molar-refractivity contribution in [1.29, 1.82) is 0 Å². The van der Waals surface area contributed by atoms with Gasteiger partial charge >= 0.3 is 0 Å². The van der Waals surface area contributed by atoms with E-state index in [0.717, 1.165) is 17.1 Å². The molecule has 0 saturated carbocycles. The van der Waals surface area contributed by atoms with Crippen molar-refractivity contribution in [2.75, 3.05) is 4.90 Å².